The van der Waals surface area contributed by atoms with Gasteiger partial charge in [-0.2, -0.15) is 0 Å². The molecule has 1 aromatic heterocycles. The Bertz CT molecular complexity index is 2830. The van der Waals surface area contributed by atoms with Gasteiger partial charge in [-0.15, -0.1) is 0 Å². The monoisotopic (exact) mass is 611 g/mol. The van der Waals surface area contributed by atoms with Gasteiger partial charge in [-0.1, -0.05) is 152 Å². The summed E-state index contributed by atoms with van der Waals surface area (Å²) in [4.78, 5) is 2.39. The lowest BCUT2D eigenvalue weighted by Crippen LogP contribution is -2.11. The van der Waals surface area contributed by atoms with E-state index in [1.807, 2.05) is 0 Å². The Morgan fingerprint density at radius 3 is 1.62 bits per heavy atom. The summed E-state index contributed by atoms with van der Waals surface area (Å²) in [6.07, 6.45) is 0. The van der Waals surface area contributed by atoms with E-state index in [1.165, 1.54) is 37.7 Å². The van der Waals surface area contributed by atoms with Crippen LogP contribution in [0.2, 0.25) is 0 Å². The molecule has 0 N–H and O–H groups in total. The number of anilines is 3. The van der Waals surface area contributed by atoms with Crippen molar-refractivity contribution in [3.05, 3.63) is 176 Å². The molecule has 9 aromatic carbocycles. The molecule has 0 aliphatic carbocycles. The molecule has 0 fully saturated rings. The van der Waals surface area contributed by atoms with E-state index < -0.39 is 0 Å². The number of para-hydroxylation sites is 1. The lowest BCUT2D eigenvalue weighted by Gasteiger charge is -2.28. The maximum absolute atomic E-state index is 7.25. The van der Waals surface area contributed by atoms with Crippen molar-refractivity contribution < 1.29 is 4.42 Å². The Kier molecular flexibility index (Phi) is 5.91. The lowest BCUT2D eigenvalue weighted by atomic mass is 9.93. The van der Waals surface area contributed by atoms with Crippen molar-refractivity contribution in [3.8, 4) is 11.1 Å². The number of rotatable bonds is 4. The van der Waals surface area contributed by atoms with Crippen LogP contribution in [0.15, 0.2) is 180 Å². The molecule has 10 rings (SSSR count). The average molecular weight is 612 g/mol. The van der Waals surface area contributed by atoms with E-state index in [4.69, 9.17) is 4.42 Å². The number of furan rings is 1. The summed E-state index contributed by atoms with van der Waals surface area (Å²) in [6, 6.07) is 63.0. The zero-order valence-corrected chi connectivity index (χ0v) is 26.1. The fraction of sp³-hybridized carbons (Fsp3) is 0. The summed E-state index contributed by atoms with van der Waals surface area (Å²) in [7, 11) is 0. The predicted molar refractivity (Wildman–Crippen MR) is 204 cm³/mol. The van der Waals surface area contributed by atoms with Gasteiger partial charge in [-0.3, -0.25) is 0 Å². The first-order valence-electron chi connectivity index (χ1n) is 16.4. The summed E-state index contributed by atoms with van der Waals surface area (Å²) in [6.45, 7) is 0. The molecule has 0 unspecified atom stereocenters. The third-order valence-electron chi connectivity index (χ3n) is 9.80. The van der Waals surface area contributed by atoms with Crippen LogP contribution in [0.25, 0.3) is 76.2 Å². The first-order chi connectivity index (χ1) is 23.8. The lowest BCUT2D eigenvalue weighted by molar-refractivity contribution is 0.673. The molecule has 2 heteroatoms. The average Bonchev–Trinajstić information content (AvgIpc) is 3.58. The van der Waals surface area contributed by atoms with Gasteiger partial charge in [0.15, 0.2) is 5.58 Å². The van der Waals surface area contributed by atoms with Crippen LogP contribution in [-0.2, 0) is 0 Å². The van der Waals surface area contributed by atoms with Crippen molar-refractivity contribution >= 4 is 82.1 Å². The van der Waals surface area contributed by atoms with Crippen molar-refractivity contribution in [1.29, 1.82) is 0 Å². The van der Waals surface area contributed by atoms with E-state index in [1.54, 1.807) is 0 Å². The zero-order valence-electron chi connectivity index (χ0n) is 26.1. The molecule has 0 spiro atoms. The van der Waals surface area contributed by atoms with Gasteiger partial charge in [0.1, 0.15) is 5.58 Å². The van der Waals surface area contributed by atoms with Gasteiger partial charge in [0.05, 0.1) is 11.4 Å². The molecule has 224 valence electrons. The molecular formula is C46H29NO. The van der Waals surface area contributed by atoms with Crippen molar-refractivity contribution in [2.75, 3.05) is 4.90 Å². The zero-order chi connectivity index (χ0) is 31.6. The quantitative estimate of drug-likeness (QED) is 0.184. The fourth-order valence-corrected chi connectivity index (χ4v) is 7.73. The van der Waals surface area contributed by atoms with Gasteiger partial charge in [0.2, 0.25) is 0 Å². The first kappa shape index (κ1) is 26.8. The van der Waals surface area contributed by atoms with E-state index in [0.29, 0.717) is 0 Å². The van der Waals surface area contributed by atoms with Crippen LogP contribution in [-0.4, -0.2) is 0 Å². The maximum atomic E-state index is 7.25. The minimum absolute atomic E-state index is 0.869. The van der Waals surface area contributed by atoms with Crippen molar-refractivity contribution in [1.82, 2.24) is 0 Å². The van der Waals surface area contributed by atoms with E-state index >= 15 is 0 Å². The van der Waals surface area contributed by atoms with Crippen LogP contribution in [0.4, 0.5) is 17.1 Å². The summed E-state index contributed by atoms with van der Waals surface area (Å²) in [5.74, 6) is 0. The van der Waals surface area contributed by atoms with Gasteiger partial charge >= 0.3 is 0 Å². The molecule has 0 atom stereocenters. The van der Waals surface area contributed by atoms with Crippen LogP contribution >= 0.6 is 0 Å². The SMILES string of the molecule is c1ccc(-c2ccc(N(c3ccccc3)c3cc4ccccc4c4ccccc34)c3oc4c5ccccc5c5ccccc5c4c23)cc1. The second kappa shape index (κ2) is 10.6. The molecule has 0 radical (unpaired) electrons. The number of hydrogen-bond acceptors (Lipinski definition) is 2. The third kappa shape index (κ3) is 3.93. The number of benzene rings is 9. The van der Waals surface area contributed by atoms with Crippen LogP contribution in [0.3, 0.4) is 0 Å². The van der Waals surface area contributed by atoms with E-state index in [-0.39, 0.29) is 0 Å². The van der Waals surface area contributed by atoms with Crippen LogP contribution in [0.1, 0.15) is 0 Å². The Balaban J connectivity index is 1.41. The van der Waals surface area contributed by atoms with Gasteiger partial charge in [-0.05, 0) is 67.7 Å². The van der Waals surface area contributed by atoms with Crippen LogP contribution < -0.4 is 4.90 Å². The molecule has 0 bridgehead atoms. The minimum atomic E-state index is 0.869. The standard InChI is InChI=1S/C46H29NO/c1-3-15-30(16-4-1)34-27-28-41(46-43(34)44-39-25-13-10-22-36(39)37-23-11-14-26-40(37)45(44)48-46)47(32-18-5-2-6-19-32)42-29-31-17-7-8-20-33(31)35-21-9-12-24-38(35)42/h1-29H. The summed E-state index contributed by atoms with van der Waals surface area (Å²) in [5, 5.41) is 11.9. The fourth-order valence-electron chi connectivity index (χ4n) is 7.73. The molecule has 0 saturated heterocycles. The Morgan fingerprint density at radius 1 is 0.354 bits per heavy atom. The molecule has 0 aliphatic rings. The van der Waals surface area contributed by atoms with E-state index in [2.05, 4.69) is 181 Å². The highest BCUT2D eigenvalue weighted by atomic mass is 16.3. The molecule has 1 heterocycles. The smallest absolute Gasteiger partial charge is 0.160 e. The Labute approximate surface area is 277 Å². The third-order valence-corrected chi connectivity index (χ3v) is 9.80. The van der Waals surface area contributed by atoms with Gasteiger partial charge in [0, 0.05) is 27.2 Å². The van der Waals surface area contributed by atoms with Crippen LogP contribution in [0.5, 0.6) is 0 Å². The van der Waals surface area contributed by atoms with Crippen molar-refractivity contribution in [2.24, 2.45) is 0 Å². The highest BCUT2D eigenvalue weighted by Crippen LogP contribution is 2.50. The molecular weight excluding hydrogens is 583 g/mol. The van der Waals surface area contributed by atoms with Gasteiger partial charge in [0.25, 0.3) is 0 Å². The predicted octanol–water partition coefficient (Wildman–Crippen LogP) is 13.3. The molecule has 2 nitrogen and oxygen atoms in total. The summed E-state index contributed by atoms with van der Waals surface area (Å²) < 4.78 is 7.25. The largest absolute Gasteiger partial charge is 0.453 e. The second-order valence-corrected chi connectivity index (χ2v) is 12.4. The van der Waals surface area contributed by atoms with Crippen molar-refractivity contribution in [3.63, 3.8) is 0 Å². The minimum Gasteiger partial charge on any atom is -0.453 e. The Hall–Kier alpha value is -6.38. The summed E-state index contributed by atoms with van der Waals surface area (Å²) >= 11 is 0. The number of fused-ring (bicyclic) bond motifs is 11. The second-order valence-electron chi connectivity index (χ2n) is 12.4. The first-order valence-corrected chi connectivity index (χ1v) is 16.4. The van der Waals surface area contributed by atoms with Gasteiger partial charge in [-0.25, -0.2) is 0 Å². The highest BCUT2D eigenvalue weighted by Gasteiger charge is 2.25. The normalized spacial score (nSPS) is 11.8. The highest BCUT2D eigenvalue weighted by molar-refractivity contribution is 6.33. The molecule has 48 heavy (non-hydrogen) atoms. The molecule has 0 saturated carbocycles. The van der Waals surface area contributed by atoms with E-state index in [0.717, 1.165) is 55.5 Å². The molecule has 0 amide bonds. The molecule has 0 aliphatic heterocycles. The number of hydrogen-bond donors (Lipinski definition) is 0. The number of nitrogens with zero attached hydrogens (tertiary/aromatic N) is 1. The topological polar surface area (TPSA) is 16.4 Å². The maximum Gasteiger partial charge on any atom is 0.160 e. The Morgan fingerprint density at radius 2 is 0.896 bits per heavy atom. The van der Waals surface area contributed by atoms with E-state index in [9.17, 15) is 0 Å². The van der Waals surface area contributed by atoms with Crippen molar-refractivity contribution in [2.45, 2.75) is 0 Å². The molecule has 10 aromatic rings. The summed E-state index contributed by atoms with van der Waals surface area (Å²) in [5.41, 5.74) is 7.29. The van der Waals surface area contributed by atoms with Crippen LogP contribution in [0, 0.1) is 0 Å². The van der Waals surface area contributed by atoms with Gasteiger partial charge < -0.3 is 9.32 Å².